The molecule has 0 amide bonds. The summed E-state index contributed by atoms with van der Waals surface area (Å²) >= 11 is 0. The lowest BCUT2D eigenvalue weighted by molar-refractivity contribution is -0.966. The van der Waals surface area contributed by atoms with Gasteiger partial charge in [0.1, 0.15) is 0 Å². The van der Waals surface area contributed by atoms with Crippen LogP contribution in [0.15, 0.2) is 0 Å². The lowest BCUT2D eigenvalue weighted by Crippen LogP contribution is -3.21. The Labute approximate surface area is 125 Å². The van der Waals surface area contributed by atoms with Gasteiger partial charge in [0.15, 0.2) is 0 Å². The molecule has 2 aliphatic heterocycles. The van der Waals surface area contributed by atoms with Crippen molar-refractivity contribution in [2.45, 2.75) is 78.3 Å². The molecule has 20 heavy (non-hydrogen) atoms. The lowest BCUT2D eigenvalue weighted by atomic mass is 9.65. The third-order valence-electron chi connectivity index (χ3n) is 6.42. The van der Waals surface area contributed by atoms with E-state index < -0.39 is 0 Å². The fourth-order valence-corrected chi connectivity index (χ4v) is 6.15. The van der Waals surface area contributed by atoms with Crippen molar-refractivity contribution in [2.24, 2.45) is 10.8 Å². The average molecular weight is 280 g/mol. The Morgan fingerprint density at radius 1 is 1.00 bits per heavy atom. The second-order valence-corrected chi connectivity index (χ2v) is 9.28. The number of rotatable bonds is 3. The van der Waals surface area contributed by atoms with Gasteiger partial charge in [-0.1, -0.05) is 27.7 Å². The van der Waals surface area contributed by atoms with Crippen LogP contribution in [-0.4, -0.2) is 38.3 Å². The van der Waals surface area contributed by atoms with Crippen molar-refractivity contribution in [2.75, 3.05) is 26.2 Å². The molecule has 2 bridgehead atoms. The first-order valence-corrected chi connectivity index (χ1v) is 9.10. The van der Waals surface area contributed by atoms with Crippen molar-refractivity contribution in [3.8, 4) is 0 Å². The minimum atomic E-state index is 0.591. The quantitative estimate of drug-likeness (QED) is 0.761. The molecule has 2 saturated heterocycles. The van der Waals surface area contributed by atoms with Crippen molar-refractivity contribution in [1.29, 1.82) is 0 Å². The highest BCUT2D eigenvalue weighted by atomic mass is 15.2. The van der Waals surface area contributed by atoms with Gasteiger partial charge in [0, 0.05) is 31.1 Å². The largest absolute Gasteiger partial charge is 0.335 e. The SMILES string of the molecule is CCC[NH+]1CCC([NH+]2C[C@@]3(C)C[C@@H]2CC(C)(C)C3)CC1. The fourth-order valence-electron chi connectivity index (χ4n) is 6.15. The molecule has 2 heterocycles. The summed E-state index contributed by atoms with van der Waals surface area (Å²) in [5, 5.41) is 0. The van der Waals surface area contributed by atoms with Gasteiger partial charge in [-0.2, -0.15) is 0 Å². The zero-order chi connectivity index (χ0) is 14.4. The summed E-state index contributed by atoms with van der Waals surface area (Å²) in [6.07, 6.45) is 8.76. The number of quaternary nitrogens is 2. The molecule has 0 aromatic heterocycles. The van der Waals surface area contributed by atoms with E-state index in [1.807, 2.05) is 9.80 Å². The normalized spacial score (nSPS) is 47.4. The summed E-state index contributed by atoms with van der Waals surface area (Å²) in [7, 11) is 0. The Balaban J connectivity index is 1.62. The average Bonchev–Trinajstić information content (AvgIpc) is 2.60. The molecule has 2 nitrogen and oxygen atoms in total. The Morgan fingerprint density at radius 3 is 2.35 bits per heavy atom. The maximum absolute atomic E-state index is 2.57. The summed E-state index contributed by atoms with van der Waals surface area (Å²) in [4.78, 5) is 3.88. The van der Waals surface area contributed by atoms with Gasteiger partial charge >= 0.3 is 0 Å². The van der Waals surface area contributed by atoms with E-state index in [1.165, 1.54) is 64.7 Å². The second kappa shape index (κ2) is 5.28. The highest BCUT2D eigenvalue weighted by Gasteiger charge is 2.54. The molecule has 0 aromatic carbocycles. The van der Waals surface area contributed by atoms with Crippen LogP contribution in [0.3, 0.4) is 0 Å². The summed E-state index contributed by atoms with van der Waals surface area (Å²) in [5.41, 5.74) is 1.24. The summed E-state index contributed by atoms with van der Waals surface area (Å²) in [5.74, 6) is 0. The minimum absolute atomic E-state index is 0.591. The molecule has 3 fully saturated rings. The first kappa shape index (κ1) is 14.8. The monoisotopic (exact) mass is 280 g/mol. The maximum atomic E-state index is 2.57. The van der Waals surface area contributed by atoms with Crippen molar-refractivity contribution < 1.29 is 9.80 Å². The number of hydrogen-bond acceptors (Lipinski definition) is 0. The molecular weight excluding hydrogens is 244 g/mol. The van der Waals surface area contributed by atoms with Crippen LogP contribution >= 0.6 is 0 Å². The van der Waals surface area contributed by atoms with Crippen LogP contribution in [0.2, 0.25) is 0 Å². The van der Waals surface area contributed by atoms with Crippen molar-refractivity contribution in [3.05, 3.63) is 0 Å². The van der Waals surface area contributed by atoms with E-state index in [-0.39, 0.29) is 0 Å². The van der Waals surface area contributed by atoms with Crippen LogP contribution in [0.25, 0.3) is 0 Å². The van der Waals surface area contributed by atoms with Crippen molar-refractivity contribution in [3.63, 3.8) is 0 Å². The topological polar surface area (TPSA) is 8.88 Å². The van der Waals surface area contributed by atoms with E-state index in [1.54, 1.807) is 0 Å². The van der Waals surface area contributed by atoms with Gasteiger partial charge in [-0.3, -0.25) is 0 Å². The van der Waals surface area contributed by atoms with Crippen LogP contribution < -0.4 is 9.80 Å². The van der Waals surface area contributed by atoms with E-state index in [0.717, 1.165) is 12.1 Å². The van der Waals surface area contributed by atoms with Gasteiger partial charge in [-0.25, -0.2) is 0 Å². The number of hydrogen-bond donors (Lipinski definition) is 2. The van der Waals surface area contributed by atoms with Gasteiger partial charge in [0.2, 0.25) is 0 Å². The Hall–Kier alpha value is -0.0800. The number of piperidine rings is 1. The molecule has 3 rings (SSSR count). The molecule has 0 radical (unpaired) electrons. The molecule has 1 unspecified atom stereocenters. The summed E-state index contributed by atoms with van der Waals surface area (Å²) in [6.45, 7) is 15.7. The van der Waals surface area contributed by atoms with Gasteiger partial charge in [0.25, 0.3) is 0 Å². The van der Waals surface area contributed by atoms with E-state index in [2.05, 4.69) is 27.7 Å². The van der Waals surface area contributed by atoms with E-state index >= 15 is 0 Å². The van der Waals surface area contributed by atoms with Crippen molar-refractivity contribution in [1.82, 2.24) is 0 Å². The fraction of sp³-hybridized carbons (Fsp3) is 1.00. The maximum Gasteiger partial charge on any atom is 0.0985 e. The molecule has 2 N–H and O–H groups in total. The second-order valence-electron chi connectivity index (χ2n) is 9.28. The van der Waals surface area contributed by atoms with E-state index in [0.29, 0.717) is 10.8 Å². The highest BCUT2D eigenvalue weighted by Crippen LogP contribution is 2.47. The van der Waals surface area contributed by atoms with Gasteiger partial charge < -0.3 is 9.80 Å². The Bertz CT molecular complexity index is 343. The van der Waals surface area contributed by atoms with Crippen LogP contribution in [0.1, 0.15) is 66.2 Å². The van der Waals surface area contributed by atoms with E-state index in [4.69, 9.17) is 0 Å². The predicted octanol–water partition coefficient (Wildman–Crippen LogP) is 0.927. The van der Waals surface area contributed by atoms with Crippen molar-refractivity contribution >= 4 is 0 Å². The zero-order valence-electron chi connectivity index (χ0n) is 14.2. The number of nitrogens with one attached hydrogen (secondary N) is 2. The molecule has 3 aliphatic rings. The predicted molar refractivity (Wildman–Crippen MR) is 84.2 cm³/mol. The standard InChI is InChI=1S/C18H34N2/c1-5-8-19-9-6-15(7-10-19)20-14-18(4)12-16(20)11-17(2,3)13-18/h15-16H,5-14H2,1-4H3/p+2/t16-,18-/m0/s1. The third-order valence-corrected chi connectivity index (χ3v) is 6.42. The van der Waals surface area contributed by atoms with Gasteiger partial charge in [0.05, 0.1) is 38.3 Å². The smallest absolute Gasteiger partial charge is 0.0985 e. The minimum Gasteiger partial charge on any atom is -0.335 e. The first-order chi connectivity index (χ1) is 9.41. The Morgan fingerprint density at radius 2 is 1.70 bits per heavy atom. The molecule has 0 spiro atoms. The third kappa shape index (κ3) is 2.92. The van der Waals surface area contributed by atoms with Crippen LogP contribution in [-0.2, 0) is 0 Å². The molecule has 0 aromatic rings. The van der Waals surface area contributed by atoms with Gasteiger partial charge in [-0.15, -0.1) is 0 Å². The highest BCUT2D eigenvalue weighted by molar-refractivity contribution is 4.95. The van der Waals surface area contributed by atoms with Crippen LogP contribution in [0.4, 0.5) is 0 Å². The molecule has 1 saturated carbocycles. The molecule has 1 aliphatic carbocycles. The molecular formula is C18H36N2+2. The van der Waals surface area contributed by atoms with Crippen LogP contribution in [0.5, 0.6) is 0 Å². The van der Waals surface area contributed by atoms with Crippen LogP contribution in [0, 0.1) is 10.8 Å². The molecule has 116 valence electrons. The number of likely N-dealkylation sites (tertiary alicyclic amines) is 2. The van der Waals surface area contributed by atoms with E-state index in [9.17, 15) is 0 Å². The first-order valence-electron chi connectivity index (χ1n) is 9.10. The zero-order valence-corrected chi connectivity index (χ0v) is 14.2. The Kier molecular flexibility index (Phi) is 3.92. The molecule has 3 atom stereocenters. The summed E-state index contributed by atoms with van der Waals surface area (Å²) in [6, 6.07) is 1.96. The number of fused-ring (bicyclic) bond motifs is 2. The van der Waals surface area contributed by atoms with Gasteiger partial charge in [-0.05, 0) is 18.3 Å². The lowest BCUT2D eigenvalue weighted by Gasteiger charge is -2.38. The molecule has 2 heteroatoms. The summed E-state index contributed by atoms with van der Waals surface area (Å²) < 4.78 is 0.